The van der Waals surface area contributed by atoms with E-state index in [1.165, 1.54) is 17.5 Å². The molecule has 5 nitrogen and oxygen atoms in total. The van der Waals surface area contributed by atoms with Crippen LogP contribution in [0.5, 0.6) is 11.6 Å². The lowest BCUT2D eigenvalue weighted by Gasteiger charge is -2.14. The van der Waals surface area contributed by atoms with Gasteiger partial charge in [0.2, 0.25) is 5.88 Å². The summed E-state index contributed by atoms with van der Waals surface area (Å²) in [4.78, 5) is 8.41. The van der Waals surface area contributed by atoms with Crippen molar-refractivity contribution in [1.82, 2.24) is 9.97 Å². The van der Waals surface area contributed by atoms with Gasteiger partial charge in [-0.1, -0.05) is 44.2 Å². The topological polar surface area (TPSA) is 73.1 Å². The molecule has 0 saturated carbocycles. The maximum Gasteiger partial charge on any atom is 0.248 e. The van der Waals surface area contributed by atoms with Gasteiger partial charge < -0.3 is 15.8 Å². The first-order chi connectivity index (χ1) is 12.2. The smallest absolute Gasteiger partial charge is 0.248 e. The Hall–Kier alpha value is -3.08. The molecule has 0 radical (unpaired) electrons. The number of ether oxygens (including phenoxy) is 1. The normalized spacial score (nSPS) is 10.5. The van der Waals surface area contributed by atoms with Crippen molar-refractivity contribution in [2.45, 2.75) is 26.7 Å². The Morgan fingerprint density at radius 3 is 2.44 bits per heavy atom. The van der Waals surface area contributed by atoms with Crippen LogP contribution in [-0.4, -0.2) is 9.97 Å². The Labute approximate surface area is 147 Å². The Morgan fingerprint density at radius 1 is 0.960 bits per heavy atom. The van der Waals surface area contributed by atoms with Crippen LogP contribution in [0.1, 0.15) is 25.0 Å². The molecule has 0 atom stereocenters. The average Bonchev–Trinajstić information content (AvgIpc) is 2.66. The van der Waals surface area contributed by atoms with Gasteiger partial charge in [-0.05, 0) is 42.2 Å². The van der Waals surface area contributed by atoms with Crippen LogP contribution in [0.2, 0.25) is 0 Å². The molecule has 3 N–H and O–H groups in total. The summed E-state index contributed by atoms with van der Waals surface area (Å²) in [6, 6.07) is 16.0. The molecule has 1 aromatic heterocycles. The summed E-state index contributed by atoms with van der Waals surface area (Å²) in [6.45, 7) is 4.22. The summed E-state index contributed by atoms with van der Waals surface area (Å²) in [6.07, 6.45) is 3.35. The van der Waals surface area contributed by atoms with E-state index in [9.17, 15) is 0 Å². The van der Waals surface area contributed by atoms with Crippen LogP contribution in [0.15, 0.2) is 54.9 Å². The lowest BCUT2D eigenvalue weighted by molar-refractivity contribution is 0.464. The first kappa shape index (κ1) is 16.8. The van der Waals surface area contributed by atoms with E-state index in [1.807, 2.05) is 42.5 Å². The van der Waals surface area contributed by atoms with Gasteiger partial charge in [-0.25, -0.2) is 4.98 Å². The molecule has 0 aliphatic rings. The van der Waals surface area contributed by atoms with Crippen LogP contribution in [0.3, 0.4) is 0 Å². The highest BCUT2D eigenvalue weighted by atomic mass is 16.5. The van der Waals surface area contributed by atoms with E-state index in [1.54, 1.807) is 0 Å². The van der Waals surface area contributed by atoms with E-state index in [4.69, 9.17) is 10.5 Å². The van der Waals surface area contributed by atoms with Crippen LogP contribution in [0.25, 0.3) is 0 Å². The van der Waals surface area contributed by atoms with E-state index in [-0.39, 0.29) is 0 Å². The number of hydrogen-bond donors (Lipinski definition) is 2. The standard InChI is InChI=1S/C20H22N4O/c1-3-14-9-11-16(12-10-14)25-20-18(21)19(22-13-23-20)24-17-8-6-5-7-15(17)4-2/h5-13H,3-4,21H2,1-2H3,(H,22,23,24). The summed E-state index contributed by atoms with van der Waals surface area (Å²) in [5, 5.41) is 3.28. The van der Waals surface area contributed by atoms with Crippen LogP contribution < -0.4 is 15.8 Å². The summed E-state index contributed by atoms with van der Waals surface area (Å²) in [5.41, 5.74) is 10.0. The molecule has 0 amide bonds. The fraction of sp³-hybridized carbons (Fsp3) is 0.200. The molecule has 25 heavy (non-hydrogen) atoms. The predicted molar refractivity (Wildman–Crippen MR) is 101 cm³/mol. The predicted octanol–water partition coefficient (Wildman–Crippen LogP) is 4.72. The highest BCUT2D eigenvalue weighted by Gasteiger charge is 2.11. The Balaban J connectivity index is 1.84. The molecule has 0 fully saturated rings. The summed E-state index contributed by atoms with van der Waals surface area (Å²) >= 11 is 0. The largest absolute Gasteiger partial charge is 0.437 e. The van der Waals surface area contributed by atoms with Crippen molar-refractivity contribution in [2.24, 2.45) is 0 Å². The number of aryl methyl sites for hydroxylation is 2. The van der Waals surface area contributed by atoms with Gasteiger partial charge in [0, 0.05) is 5.69 Å². The molecule has 5 heteroatoms. The first-order valence-electron chi connectivity index (χ1n) is 8.43. The van der Waals surface area contributed by atoms with Crippen molar-refractivity contribution in [3.63, 3.8) is 0 Å². The molecule has 0 saturated heterocycles. The maximum atomic E-state index is 6.21. The SMILES string of the molecule is CCc1ccc(Oc2ncnc(Nc3ccccc3CC)c2N)cc1. The molecule has 0 bridgehead atoms. The number of hydrogen-bond acceptors (Lipinski definition) is 5. The Kier molecular flexibility index (Phi) is 5.14. The van der Waals surface area contributed by atoms with E-state index in [0.717, 1.165) is 18.5 Å². The van der Waals surface area contributed by atoms with Gasteiger partial charge >= 0.3 is 0 Å². The zero-order valence-corrected chi connectivity index (χ0v) is 14.5. The van der Waals surface area contributed by atoms with Crippen molar-refractivity contribution < 1.29 is 4.74 Å². The number of nitrogens with one attached hydrogen (secondary N) is 1. The van der Waals surface area contributed by atoms with Gasteiger partial charge in [0.15, 0.2) is 5.82 Å². The van der Waals surface area contributed by atoms with E-state index >= 15 is 0 Å². The third-order valence-electron chi connectivity index (χ3n) is 4.04. The van der Waals surface area contributed by atoms with Gasteiger partial charge in [-0.15, -0.1) is 0 Å². The fourth-order valence-electron chi connectivity index (χ4n) is 2.54. The summed E-state index contributed by atoms with van der Waals surface area (Å²) in [5.74, 6) is 1.58. The number of nitrogen functional groups attached to an aromatic ring is 1. The lowest BCUT2D eigenvalue weighted by atomic mass is 10.1. The highest BCUT2D eigenvalue weighted by Crippen LogP contribution is 2.31. The van der Waals surface area contributed by atoms with Crippen molar-refractivity contribution >= 4 is 17.2 Å². The monoisotopic (exact) mass is 334 g/mol. The minimum Gasteiger partial charge on any atom is -0.437 e. The van der Waals surface area contributed by atoms with Crippen molar-refractivity contribution in [3.8, 4) is 11.6 Å². The van der Waals surface area contributed by atoms with Gasteiger partial charge in [0.1, 0.15) is 17.8 Å². The molecule has 0 unspecified atom stereocenters. The molecule has 2 aromatic carbocycles. The number of benzene rings is 2. The van der Waals surface area contributed by atoms with Crippen LogP contribution in [-0.2, 0) is 12.8 Å². The van der Waals surface area contributed by atoms with E-state index in [2.05, 4.69) is 35.2 Å². The fourth-order valence-corrected chi connectivity index (χ4v) is 2.54. The number of rotatable bonds is 6. The molecule has 0 aliphatic heterocycles. The number of anilines is 3. The minimum absolute atomic E-state index is 0.343. The molecule has 0 spiro atoms. The third-order valence-corrected chi connectivity index (χ3v) is 4.04. The summed E-state index contributed by atoms with van der Waals surface area (Å²) in [7, 11) is 0. The van der Waals surface area contributed by atoms with Gasteiger partial charge in [0.05, 0.1) is 0 Å². The second-order valence-electron chi connectivity index (χ2n) is 5.68. The average molecular weight is 334 g/mol. The van der Waals surface area contributed by atoms with Gasteiger partial charge in [0.25, 0.3) is 0 Å². The molecule has 3 aromatic rings. The van der Waals surface area contributed by atoms with Gasteiger partial charge in [-0.3, -0.25) is 0 Å². The molecule has 128 valence electrons. The summed E-state index contributed by atoms with van der Waals surface area (Å²) < 4.78 is 5.83. The van der Waals surface area contributed by atoms with Crippen molar-refractivity contribution in [2.75, 3.05) is 11.1 Å². The lowest BCUT2D eigenvalue weighted by Crippen LogP contribution is -2.04. The number of para-hydroxylation sites is 1. The molecule has 1 heterocycles. The van der Waals surface area contributed by atoms with E-state index in [0.29, 0.717) is 23.1 Å². The number of aromatic nitrogens is 2. The van der Waals surface area contributed by atoms with Gasteiger partial charge in [-0.2, -0.15) is 4.98 Å². The molecule has 0 aliphatic carbocycles. The number of nitrogens with two attached hydrogens (primary N) is 1. The third kappa shape index (κ3) is 3.88. The van der Waals surface area contributed by atoms with Crippen LogP contribution in [0.4, 0.5) is 17.2 Å². The minimum atomic E-state index is 0.343. The van der Waals surface area contributed by atoms with Crippen LogP contribution >= 0.6 is 0 Å². The zero-order valence-electron chi connectivity index (χ0n) is 14.5. The highest BCUT2D eigenvalue weighted by molar-refractivity contribution is 5.73. The quantitative estimate of drug-likeness (QED) is 0.682. The molecular formula is C20H22N4O. The van der Waals surface area contributed by atoms with Crippen molar-refractivity contribution in [3.05, 3.63) is 66.0 Å². The second-order valence-corrected chi connectivity index (χ2v) is 5.68. The number of nitrogens with zero attached hydrogens (tertiary/aromatic N) is 2. The maximum absolute atomic E-state index is 6.21. The Bertz CT molecular complexity index is 847. The molecule has 3 rings (SSSR count). The zero-order chi connectivity index (χ0) is 17.6. The molecular weight excluding hydrogens is 312 g/mol. The van der Waals surface area contributed by atoms with E-state index < -0.39 is 0 Å². The Morgan fingerprint density at radius 2 is 1.72 bits per heavy atom. The second kappa shape index (κ2) is 7.66. The van der Waals surface area contributed by atoms with Crippen molar-refractivity contribution in [1.29, 1.82) is 0 Å². The van der Waals surface area contributed by atoms with Crippen LogP contribution in [0, 0.1) is 0 Å². The first-order valence-corrected chi connectivity index (χ1v) is 8.43.